The number of hydrogen-bond acceptors (Lipinski definition) is 4. The largest absolute Gasteiger partial charge is 0.493 e. The smallest absolute Gasteiger partial charge is 0.171 e. The van der Waals surface area contributed by atoms with Crippen molar-refractivity contribution in [2.45, 2.75) is 31.2 Å². The summed E-state index contributed by atoms with van der Waals surface area (Å²) in [6, 6.07) is 11.1. The molecule has 1 saturated carbocycles. The third-order valence-corrected chi connectivity index (χ3v) is 5.11. The van der Waals surface area contributed by atoms with Crippen molar-refractivity contribution in [1.29, 1.82) is 0 Å². The Morgan fingerprint density at radius 3 is 2.46 bits per heavy atom. The predicted octanol–water partition coefficient (Wildman–Crippen LogP) is 4.03. The van der Waals surface area contributed by atoms with Gasteiger partial charge in [0.2, 0.25) is 0 Å². The molecule has 0 radical (unpaired) electrons. The molecule has 0 amide bonds. The van der Waals surface area contributed by atoms with Crippen molar-refractivity contribution in [3.05, 3.63) is 53.8 Å². The maximum atomic E-state index is 13.0. The lowest BCUT2D eigenvalue weighted by atomic mass is 9.80. The standard InChI is InChI=1S/C21H23FN2O3S/c1-26-18-11-6-13(12-19(18)27-2)16-4-3-5-17(20(16)25)24-21(28)23-15-9-7-14(22)8-10-15/h6-12,16-17H,3-5H2,1-2H3,(H2,23,24,28). The molecule has 1 aliphatic rings. The SMILES string of the molecule is COc1ccc(C2CCCC(NC(=S)Nc3ccc(F)cc3)C2=O)cc1OC. The maximum Gasteiger partial charge on any atom is 0.171 e. The van der Waals surface area contributed by atoms with Gasteiger partial charge in [-0.2, -0.15) is 0 Å². The summed E-state index contributed by atoms with van der Waals surface area (Å²) >= 11 is 5.33. The summed E-state index contributed by atoms with van der Waals surface area (Å²) in [6.07, 6.45) is 2.40. The van der Waals surface area contributed by atoms with E-state index in [1.165, 1.54) is 12.1 Å². The highest BCUT2D eigenvalue weighted by Crippen LogP contribution is 2.35. The number of anilines is 1. The van der Waals surface area contributed by atoms with E-state index >= 15 is 0 Å². The number of hydrogen-bond donors (Lipinski definition) is 2. The number of ether oxygens (including phenoxy) is 2. The molecular weight excluding hydrogens is 379 g/mol. The first kappa shape index (κ1) is 20.1. The van der Waals surface area contributed by atoms with Crippen LogP contribution in [-0.4, -0.2) is 31.2 Å². The molecule has 0 aliphatic heterocycles. The minimum atomic E-state index is -0.368. The van der Waals surface area contributed by atoms with E-state index in [0.29, 0.717) is 28.7 Å². The van der Waals surface area contributed by atoms with Crippen LogP contribution in [0.15, 0.2) is 42.5 Å². The Morgan fingerprint density at radius 2 is 1.79 bits per heavy atom. The third kappa shape index (κ3) is 4.59. The number of carbonyl (C=O) groups is 1. The molecule has 1 fully saturated rings. The average molecular weight is 402 g/mol. The van der Waals surface area contributed by atoms with E-state index in [1.54, 1.807) is 26.4 Å². The molecular formula is C21H23FN2O3S. The Hall–Kier alpha value is -2.67. The number of benzene rings is 2. The number of methoxy groups -OCH3 is 2. The van der Waals surface area contributed by atoms with Crippen molar-refractivity contribution in [2.24, 2.45) is 0 Å². The Bertz CT molecular complexity index is 857. The Balaban J connectivity index is 1.68. The Labute approximate surface area is 169 Å². The monoisotopic (exact) mass is 402 g/mol. The van der Waals surface area contributed by atoms with E-state index < -0.39 is 0 Å². The number of nitrogens with one attached hydrogen (secondary N) is 2. The first-order valence-electron chi connectivity index (χ1n) is 9.10. The Morgan fingerprint density at radius 1 is 1.07 bits per heavy atom. The lowest BCUT2D eigenvalue weighted by Crippen LogP contribution is -2.46. The van der Waals surface area contributed by atoms with Gasteiger partial charge in [-0.15, -0.1) is 0 Å². The zero-order valence-electron chi connectivity index (χ0n) is 15.8. The van der Waals surface area contributed by atoms with Crippen molar-refractivity contribution in [1.82, 2.24) is 5.32 Å². The van der Waals surface area contributed by atoms with Gasteiger partial charge in [-0.3, -0.25) is 4.79 Å². The summed E-state index contributed by atoms with van der Waals surface area (Å²) in [5.41, 5.74) is 1.57. The molecule has 148 valence electrons. The first-order valence-corrected chi connectivity index (χ1v) is 9.51. The van der Waals surface area contributed by atoms with Crippen LogP contribution in [0.1, 0.15) is 30.7 Å². The number of ketones is 1. The molecule has 28 heavy (non-hydrogen) atoms. The van der Waals surface area contributed by atoms with E-state index in [-0.39, 0.29) is 23.6 Å². The quantitative estimate of drug-likeness (QED) is 0.737. The maximum absolute atomic E-state index is 13.0. The van der Waals surface area contributed by atoms with Gasteiger partial charge in [0.15, 0.2) is 22.4 Å². The van der Waals surface area contributed by atoms with E-state index in [2.05, 4.69) is 10.6 Å². The zero-order chi connectivity index (χ0) is 20.1. The minimum absolute atomic E-state index is 0.0988. The topological polar surface area (TPSA) is 59.6 Å². The van der Waals surface area contributed by atoms with Gasteiger partial charge >= 0.3 is 0 Å². The molecule has 5 nitrogen and oxygen atoms in total. The van der Waals surface area contributed by atoms with Gasteiger partial charge in [0, 0.05) is 11.6 Å². The molecule has 0 bridgehead atoms. The van der Waals surface area contributed by atoms with Gasteiger partial charge in [0.1, 0.15) is 5.82 Å². The third-order valence-electron chi connectivity index (χ3n) is 4.89. The van der Waals surface area contributed by atoms with Crippen LogP contribution in [0.5, 0.6) is 11.5 Å². The van der Waals surface area contributed by atoms with Crippen LogP contribution in [0, 0.1) is 5.82 Å². The van der Waals surface area contributed by atoms with Crippen LogP contribution in [0.2, 0.25) is 0 Å². The highest BCUT2D eigenvalue weighted by atomic mass is 32.1. The van der Waals surface area contributed by atoms with Gasteiger partial charge < -0.3 is 20.1 Å². The zero-order valence-corrected chi connectivity index (χ0v) is 16.6. The molecule has 0 aromatic heterocycles. The van der Waals surface area contributed by atoms with Gasteiger partial charge in [0.25, 0.3) is 0 Å². The summed E-state index contributed by atoms with van der Waals surface area (Å²) in [6.45, 7) is 0. The number of carbonyl (C=O) groups excluding carboxylic acids is 1. The minimum Gasteiger partial charge on any atom is -0.493 e. The van der Waals surface area contributed by atoms with E-state index in [4.69, 9.17) is 21.7 Å². The summed E-state index contributed by atoms with van der Waals surface area (Å²) in [4.78, 5) is 13.0. The van der Waals surface area contributed by atoms with Gasteiger partial charge in [0.05, 0.1) is 20.3 Å². The Kier molecular flexibility index (Phi) is 6.46. The van der Waals surface area contributed by atoms with E-state index in [9.17, 15) is 9.18 Å². The van der Waals surface area contributed by atoms with E-state index in [0.717, 1.165) is 18.4 Å². The predicted molar refractivity (Wildman–Crippen MR) is 111 cm³/mol. The van der Waals surface area contributed by atoms with Crippen molar-refractivity contribution in [2.75, 3.05) is 19.5 Å². The average Bonchev–Trinajstić information content (AvgIpc) is 2.70. The molecule has 2 atom stereocenters. The van der Waals surface area contributed by atoms with Crippen LogP contribution < -0.4 is 20.1 Å². The molecule has 3 rings (SSSR count). The normalized spacial score (nSPS) is 19.0. The summed E-state index contributed by atoms with van der Waals surface area (Å²) in [5, 5.41) is 6.44. The molecule has 0 saturated heterocycles. The molecule has 2 N–H and O–H groups in total. The van der Waals surface area contributed by atoms with Crippen molar-refractivity contribution >= 4 is 28.8 Å². The van der Waals surface area contributed by atoms with E-state index in [1.807, 2.05) is 18.2 Å². The molecule has 2 aromatic carbocycles. The molecule has 0 spiro atoms. The number of rotatable bonds is 5. The fourth-order valence-electron chi connectivity index (χ4n) is 3.46. The number of thiocarbonyl (C=S) groups is 1. The van der Waals surface area contributed by atoms with Gasteiger partial charge in [-0.25, -0.2) is 4.39 Å². The van der Waals surface area contributed by atoms with Crippen LogP contribution in [-0.2, 0) is 4.79 Å². The second-order valence-corrected chi connectivity index (χ2v) is 7.07. The highest BCUT2D eigenvalue weighted by Gasteiger charge is 2.33. The fraction of sp³-hybridized carbons (Fsp3) is 0.333. The van der Waals surface area contributed by atoms with Crippen LogP contribution in [0.3, 0.4) is 0 Å². The fourth-order valence-corrected chi connectivity index (χ4v) is 3.72. The van der Waals surface area contributed by atoms with Crippen molar-refractivity contribution in [3.63, 3.8) is 0 Å². The lowest BCUT2D eigenvalue weighted by molar-refractivity contribution is -0.123. The second-order valence-electron chi connectivity index (χ2n) is 6.66. The number of halogens is 1. The second kappa shape index (κ2) is 9.01. The van der Waals surface area contributed by atoms with Crippen LogP contribution in [0.25, 0.3) is 0 Å². The van der Waals surface area contributed by atoms with Crippen LogP contribution in [0.4, 0.5) is 10.1 Å². The van der Waals surface area contributed by atoms with Crippen molar-refractivity contribution < 1.29 is 18.7 Å². The highest BCUT2D eigenvalue weighted by molar-refractivity contribution is 7.80. The van der Waals surface area contributed by atoms with Crippen molar-refractivity contribution in [3.8, 4) is 11.5 Å². The summed E-state index contributed by atoms with van der Waals surface area (Å²) in [7, 11) is 3.16. The number of Topliss-reactive ketones (excluding diaryl/α,β-unsaturated/α-hetero) is 1. The summed E-state index contributed by atoms with van der Waals surface area (Å²) < 4.78 is 23.6. The molecule has 7 heteroatoms. The van der Waals surface area contributed by atoms with Gasteiger partial charge in [-0.05, 0) is 73.4 Å². The van der Waals surface area contributed by atoms with Gasteiger partial charge in [-0.1, -0.05) is 6.07 Å². The molecule has 2 unspecified atom stereocenters. The molecule has 1 aliphatic carbocycles. The molecule has 2 aromatic rings. The summed E-state index contributed by atoms with van der Waals surface area (Å²) in [5.74, 6) is 0.802. The first-order chi connectivity index (χ1) is 13.5. The van der Waals surface area contributed by atoms with Crippen LogP contribution >= 0.6 is 12.2 Å². The lowest BCUT2D eigenvalue weighted by Gasteiger charge is -2.30. The molecule has 0 heterocycles.